The molecule has 0 saturated heterocycles. The average molecular weight is 419 g/mol. The van der Waals surface area contributed by atoms with E-state index < -0.39 is 10.0 Å². The maximum atomic E-state index is 12.7. The van der Waals surface area contributed by atoms with Crippen molar-refractivity contribution in [2.24, 2.45) is 11.7 Å². The SMILES string of the molecule is C[C@@H]1CCC[C@H](N)c2cccc(c2)-c2c(cnn2COCCS(C)(C)C)NC1=O. The second-order valence-electron chi connectivity index (χ2n) is 8.79. The van der Waals surface area contributed by atoms with Gasteiger partial charge in [0.25, 0.3) is 0 Å². The Balaban J connectivity index is 1.92. The van der Waals surface area contributed by atoms with Gasteiger partial charge in [-0.3, -0.25) is 4.79 Å². The molecule has 2 atom stereocenters. The fraction of sp³-hybridized carbons (Fsp3) is 0.545. The quantitative estimate of drug-likeness (QED) is 0.720. The van der Waals surface area contributed by atoms with Gasteiger partial charge in [0.15, 0.2) is 0 Å². The highest BCUT2D eigenvalue weighted by Crippen LogP contribution is 2.34. The molecule has 3 N–H and O–H groups in total. The maximum absolute atomic E-state index is 12.7. The number of amides is 1. The molecule has 0 spiro atoms. The molecule has 0 fully saturated rings. The summed E-state index contributed by atoms with van der Waals surface area (Å²) in [5.41, 5.74) is 10.1. The van der Waals surface area contributed by atoms with Crippen molar-refractivity contribution in [2.45, 2.75) is 39.0 Å². The third-order valence-corrected chi connectivity index (χ3v) is 6.73. The van der Waals surface area contributed by atoms with Gasteiger partial charge >= 0.3 is 0 Å². The molecule has 29 heavy (non-hydrogen) atoms. The molecule has 1 amide bonds. The minimum absolute atomic E-state index is 0.0216. The van der Waals surface area contributed by atoms with E-state index in [2.05, 4.69) is 41.3 Å². The zero-order valence-electron chi connectivity index (χ0n) is 18.0. The number of nitrogens with one attached hydrogen (secondary N) is 1. The van der Waals surface area contributed by atoms with Crippen molar-refractivity contribution >= 4 is 21.6 Å². The summed E-state index contributed by atoms with van der Waals surface area (Å²) in [6, 6.07) is 8.21. The molecule has 2 aromatic rings. The van der Waals surface area contributed by atoms with E-state index in [0.717, 1.165) is 47.5 Å². The molecule has 2 heterocycles. The number of rotatable bonds is 5. The summed E-state index contributed by atoms with van der Waals surface area (Å²) in [6.07, 6.45) is 11.2. The number of hydrogen-bond acceptors (Lipinski definition) is 4. The van der Waals surface area contributed by atoms with Crippen LogP contribution in [0.4, 0.5) is 5.69 Å². The van der Waals surface area contributed by atoms with Crippen LogP contribution in [-0.2, 0) is 16.3 Å². The fourth-order valence-electron chi connectivity index (χ4n) is 3.45. The lowest BCUT2D eigenvalue weighted by atomic mass is 9.95. The van der Waals surface area contributed by atoms with E-state index in [4.69, 9.17) is 10.5 Å². The molecule has 0 saturated carbocycles. The molecule has 160 valence electrons. The maximum Gasteiger partial charge on any atom is 0.227 e. The van der Waals surface area contributed by atoms with E-state index >= 15 is 0 Å². The number of aromatic nitrogens is 2. The zero-order chi connectivity index (χ0) is 21.0. The number of hydrogen-bond donors (Lipinski definition) is 2. The Morgan fingerprint density at radius 1 is 1.31 bits per heavy atom. The topological polar surface area (TPSA) is 82.2 Å². The number of carbonyl (C=O) groups excluding carboxylic acids is 1. The summed E-state index contributed by atoms with van der Waals surface area (Å²) < 4.78 is 7.75. The first-order valence-electron chi connectivity index (χ1n) is 10.2. The van der Waals surface area contributed by atoms with Crippen LogP contribution in [0.25, 0.3) is 11.3 Å². The molecule has 1 aliphatic rings. The van der Waals surface area contributed by atoms with Crippen LogP contribution in [0.15, 0.2) is 30.5 Å². The summed E-state index contributed by atoms with van der Waals surface area (Å²) >= 11 is 0. The van der Waals surface area contributed by atoms with Crippen LogP contribution in [0, 0.1) is 5.92 Å². The second kappa shape index (κ2) is 9.32. The van der Waals surface area contributed by atoms with Crippen LogP contribution in [0.2, 0.25) is 0 Å². The van der Waals surface area contributed by atoms with Gasteiger partial charge in [-0.25, -0.2) is 14.7 Å². The fourth-order valence-corrected chi connectivity index (χ4v) is 4.07. The second-order valence-corrected chi connectivity index (χ2v) is 13.4. The van der Waals surface area contributed by atoms with Gasteiger partial charge in [-0.1, -0.05) is 31.5 Å². The molecule has 0 unspecified atom stereocenters. The van der Waals surface area contributed by atoms with Gasteiger partial charge in [-0.15, -0.1) is 0 Å². The first-order chi connectivity index (χ1) is 13.7. The summed E-state index contributed by atoms with van der Waals surface area (Å²) in [5, 5.41) is 7.59. The van der Waals surface area contributed by atoms with Gasteiger partial charge in [-0.05, 0) is 43.2 Å². The Labute approximate surface area is 175 Å². The Bertz CT molecular complexity index is 844. The Morgan fingerprint density at radius 2 is 2.10 bits per heavy atom. The van der Waals surface area contributed by atoms with Crippen LogP contribution in [0.1, 0.15) is 37.8 Å². The highest BCUT2D eigenvalue weighted by atomic mass is 32.3. The minimum Gasteiger partial charge on any atom is -0.358 e. The molecule has 1 aromatic heterocycles. The molecular weight excluding hydrogens is 384 g/mol. The number of ether oxygens (including phenoxy) is 1. The third-order valence-electron chi connectivity index (χ3n) is 5.34. The lowest BCUT2D eigenvalue weighted by molar-refractivity contribution is -0.119. The number of nitrogens with zero attached hydrogens (tertiary/aromatic N) is 2. The summed E-state index contributed by atoms with van der Waals surface area (Å²) in [6.45, 7) is 3.02. The molecule has 3 rings (SSSR count). The van der Waals surface area contributed by atoms with Crippen molar-refractivity contribution in [3.8, 4) is 11.3 Å². The average Bonchev–Trinajstić information content (AvgIpc) is 3.06. The molecule has 0 radical (unpaired) electrons. The van der Waals surface area contributed by atoms with Crippen molar-refractivity contribution in [3.63, 3.8) is 0 Å². The molecule has 7 heteroatoms. The predicted molar refractivity (Wildman–Crippen MR) is 122 cm³/mol. The third kappa shape index (κ3) is 5.84. The molecule has 2 bridgehead atoms. The van der Waals surface area contributed by atoms with Gasteiger partial charge in [0.1, 0.15) is 6.73 Å². The van der Waals surface area contributed by atoms with Crippen molar-refractivity contribution < 1.29 is 9.53 Å². The Morgan fingerprint density at radius 3 is 2.86 bits per heavy atom. The Hall–Kier alpha value is -1.83. The highest BCUT2D eigenvalue weighted by Gasteiger charge is 2.21. The van der Waals surface area contributed by atoms with Crippen LogP contribution in [0.3, 0.4) is 0 Å². The van der Waals surface area contributed by atoms with Gasteiger partial charge in [-0.2, -0.15) is 5.10 Å². The van der Waals surface area contributed by atoms with E-state index in [9.17, 15) is 4.79 Å². The number of benzene rings is 1. The summed E-state index contributed by atoms with van der Waals surface area (Å²) in [7, 11) is -0.598. The van der Waals surface area contributed by atoms with Crippen molar-refractivity contribution in [2.75, 3.05) is 36.4 Å². The normalized spacial score (nSPS) is 20.9. The molecule has 1 aliphatic heterocycles. The number of anilines is 1. The zero-order valence-corrected chi connectivity index (χ0v) is 18.8. The number of carbonyl (C=O) groups is 1. The number of fused-ring (bicyclic) bond motifs is 4. The number of nitrogens with two attached hydrogens (primary N) is 1. The van der Waals surface area contributed by atoms with E-state index in [0.29, 0.717) is 13.3 Å². The van der Waals surface area contributed by atoms with Crippen LogP contribution in [0.5, 0.6) is 0 Å². The first-order valence-corrected chi connectivity index (χ1v) is 13.2. The van der Waals surface area contributed by atoms with Crippen LogP contribution < -0.4 is 11.1 Å². The summed E-state index contributed by atoms with van der Waals surface area (Å²) in [4.78, 5) is 12.7. The first kappa shape index (κ1) is 21.9. The van der Waals surface area contributed by atoms with Gasteiger partial charge < -0.3 is 15.8 Å². The summed E-state index contributed by atoms with van der Waals surface area (Å²) in [5.74, 6) is 1.00. The molecular formula is C22H34N4O2S. The van der Waals surface area contributed by atoms with Crippen LogP contribution in [-0.4, -0.2) is 46.8 Å². The van der Waals surface area contributed by atoms with Gasteiger partial charge in [0.2, 0.25) is 5.91 Å². The highest BCUT2D eigenvalue weighted by molar-refractivity contribution is 8.32. The van der Waals surface area contributed by atoms with Crippen molar-refractivity contribution in [1.29, 1.82) is 0 Å². The van der Waals surface area contributed by atoms with E-state index in [-0.39, 0.29) is 17.9 Å². The monoisotopic (exact) mass is 418 g/mol. The van der Waals surface area contributed by atoms with Crippen molar-refractivity contribution in [1.82, 2.24) is 9.78 Å². The largest absolute Gasteiger partial charge is 0.358 e. The molecule has 6 nitrogen and oxygen atoms in total. The molecule has 0 aliphatic carbocycles. The van der Waals surface area contributed by atoms with Crippen molar-refractivity contribution in [3.05, 3.63) is 36.0 Å². The van der Waals surface area contributed by atoms with E-state index in [1.807, 2.05) is 23.7 Å². The molecule has 1 aromatic carbocycles. The van der Waals surface area contributed by atoms with E-state index in [1.54, 1.807) is 6.20 Å². The van der Waals surface area contributed by atoms with Gasteiger partial charge in [0, 0.05) is 23.3 Å². The van der Waals surface area contributed by atoms with E-state index in [1.165, 1.54) is 0 Å². The standard InChI is InChI=1S/C22H34N4O2S/c1-16-7-5-10-19(23)17-8-6-9-18(13-17)21-20(25-22(16)27)14-24-26(21)15-28-11-12-29(2,3)4/h6,8-9,13-14,16,19H,5,7,10-12,15,23H2,1-4H3,(H,25,27)/t16-,19+/m1/s1. The smallest absolute Gasteiger partial charge is 0.227 e. The van der Waals surface area contributed by atoms with Gasteiger partial charge in [0.05, 0.1) is 24.2 Å². The minimum atomic E-state index is -0.598. The predicted octanol–water partition coefficient (Wildman–Crippen LogP) is 3.98. The Kier molecular flexibility index (Phi) is 7.03. The lowest BCUT2D eigenvalue weighted by Crippen LogP contribution is -2.22. The lowest BCUT2D eigenvalue weighted by Gasteiger charge is -2.24. The van der Waals surface area contributed by atoms with Crippen LogP contribution >= 0.6 is 10.0 Å².